The van der Waals surface area contributed by atoms with Crippen LogP contribution in [0.15, 0.2) is 36.4 Å². The highest BCUT2D eigenvalue weighted by molar-refractivity contribution is 7.12. The first-order chi connectivity index (χ1) is 9.76. The number of aryl methyl sites for hydroxylation is 2. The number of benzene rings is 1. The zero-order valence-electron chi connectivity index (χ0n) is 12.5. The van der Waals surface area contributed by atoms with Gasteiger partial charge in [0.1, 0.15) is 5.75 Å². The van der Waals surface area contributed by atoms with Crippen molar-refractivity contribution in [2.45, 2.75) is 32.2 Å². The fourth-order valence-electron chi connectivity index (χ4n) is 2.30. The smallest absolute Gasteiger partial charge is 0.118 e. The Bertz CT molecular complexity index is 518. The predicted octanol–water partition coefficient (Wildman–Crippen LogP) is 4.21. The van der Waals surface area contributed by atoms with E-state index in [2.05, 4.69) is 36.5 Å². The molecule has 2 nitrogen and oxygen atoms in total. The van der Waals surface area contributed by atoms with Crippen LogP contribution in [0.1, 0.15) is 34.7 Å². The molecule has 0 radical (unpaired) electrons. The summed E-state index contributed by atoms with van der Waals surface area (Å²) in [6.07, 6.45) is 3.32. The van der Waals surface area contributed by atoms with Crippen LogP contribution in [-0.2, 0) is 12.8 Å². The van der Waals surface area contributed by atoms with E-state index in [0.29, 0.717) is 6.04 Å². The maximum absolute atomic E-state index is 5.19. The maximum Gasteiger partial charge on any atom is 0.118 e. The van der Waals surface area contributed by atoms with Crippen molar-refractivity contribution in [2.75, 3.05) is 14.2 Å². The molecule has 0 saturated heterocycles. The number of hydrogen-bond acceptors (Lipinski definition) is 3. The highest BCUT2D eigenvalue weighted by atomic mass is 32.1. The first kappa shape index (κ1) is 15.1. The molecular weight excluding hydrogens is 266 g/mol. The summed E-state index contributed by atoms with van der Waals surface area (Å²) in [7, 11) is 3.75. The molecular formula is C17H23NOS. The zero-order valence-corrected chi connectivity index (χ0v) is 13.3. The van der Waals surface area contributed by atoms with Gasteiger partial charge in [0.05, 0.1) is 7.11 Å². The standard InChI is InChI=1S/C17H23NOS/c1-4-15-10-12-17(20-15)16(18-2)11-7-13-5-8-14(19-3)9-6-13/h5-6,8-10,12,16,18H,4,7,11H2,1-3H3. The Morgan fingerprint density at radius 3 is 2.45 bits per heavy atom. The monoisotopic (exact) mass is 289 g/mol. The summed E-state index contributed by atoms with van der Waals surface area (Å²) in [4.78, 5) is 2.91. The van der Waals surface area contributed by atoms with Crippen molar-refractivity contribution >= 4 is 11.3 Å². The van der Waals surface area contributed by atoms with Crippen molar-refractivity contribution in [3.8, 4) is 5.75 Å². The highest BCUT2D eigenvalue weighted by Gasteiger charge is 2.11. The summed E-state index contributed by atoms with van der Waals surface area (Å²) < 4.78 is 5.19. The average molecular weight is 289 g/mol. The van der Waals surface area contributed by atoms with Gasteiger partial charge in [0.25, 0.3) is 0 Å². The van der Waals surface area contributed by atoms with Gasteiger partial charge in [-0.15, -0.1) is 11.3 Å². The van der Waals surface area contributed by atoms with Crippen LogP contribution in [0.4, 0.5) is 0 Å². The fraction of sp³-hybridized carbons (Fsp3) is 0.412. The van der Waals surface area contributed by atoms with E-state index >= 15 is 0 Å². The number of nitrogens with one attached hydrogen (secondary N) is 1. The van der Waals surface area contributed by atoms with E-state index in [1.807, 2.05) is 30.5 Å². The van der Waals surface area contributed by atoms with E-state index in [1.54, 1.807) is 7.11 Å². The van der Waals surface area contributed by atoms with Gasteiger partial charge in [0, 0.05) is 15.8 Å². The Morgan fingerprint density at radius 1 is 1.15 bits per heavy atom. The topological polar surface area (TPSA) is 21.3 Å². The minimum atomic E-state index is 0.447. The lowest BCUT2D eigenvalue weighted by Crippen LogP contribution is -2.15. The van der Waals surface area contributed by atoms with Gasteiger partial charge >= 0.3 is 0 Å². The van der Waals surface area contributed by atoms with Crippen molar-refractivity contribution in [2.24, 2.45) is 0 Å². The highest BCUT2D eigenvalue weighted by Crippen LogP contribution is 2.27. The Labute approximate surface area is 125 Å². The molecule has 1 atom stereocenters. The molecule has 0 aliphatic carbocycles. The maximum atomic E-state index is 5.19. The Kier molecular flexibility index (Phi) is 5.62. The van der Waals surface area contributed by atoms with Crippen LogP contribution in [0.25, 0.3) is 0 Å². The molecule has 1 unspecified atom stereocenters. The minimum absolute atomic E-state index is 0.447. The summed E-state index contributed by atoms with van der Waals surface area (Å²) in [6.45, 7) is 2.21. The number of rotatable bonds is 7. The lowest BCUT2D eigenvalue weighted by atomic mass is 10.0. The van der Waals surface area contributed by atoms with E-state index in [9.17, 15) is 0 Å². The van der Waals surface area contributed by atoms with Crippen LogP contribution < -0.4 is 10.1 Å². The van der Waals surface area contributed by atoms with Gasteiger partial charge in [-0.3, -0.25) is 0 Å². The molecule has 1 N–H and O–H groups in total. The van der Waals surface area contributed by atoms with E-state index in [4.69, 9.17) is 4.74 Å². The number of thiophene rings is 1. The second-order valence-electron chi connectivity index (χ2n) is 4.89. The van der Waals surface area contributed by atoms with E-state index in [0.717, 1.165) is 25.0 Å². The van der Waals surface area contributed by atoms with Crippen molar-refractivity contribution in [3.63, 3.8) is 0 Å². The number of hydrogen-bond donors (Lipinski definition) is 1. The predicted molar refractivity (Wildman–Crippen MR) is 86.8 cm³/mol. The lowest BCUT2D eigenvalue weighted by molar-refractivity contribution is 0.414. The summed E-state index contributed by atoms with van der Waals surface area (Å²) in [6, 6.07) is 13.3. The summed E-state index contributed by atoms with van der Waals surface area (Å²) >= 11 is 1.92. The number of methoxy groups -OCH3 is 1. The van der Waals surface area contributed by atoms with E-state index in [1.165, 1.54) is 15.3 Å². The summed E-state index contributed by atoms with van der Waals surface area (Å²) in [5, 5.41) is 3.43. The van der Waals surface area contributed by atoms with Gasteiger partial charge in [-0.1, -0.05) is 19.1 Å². The van der Waals surface area contributed by atoms with Gasteiger partial charge in [0.2, 0.25) is 0 Å². The number of ether oxygens (including phenoxy) is 1. The van der Waals surface area contributed by atoms with Crippen molar-refractivity contribution in [3.05, 3.63) is 51.7 Å². The van der Waals surface area contributed by atoms with Gasteiger partial charge < -0.3 is 10.1 Å². The van der Waals surface area contributed by atoms with Crippen LogP contribution in [0, 0.1) is 0 Å². The van der Waals surface area contributed by atoms with Gasteiger partial charge in [-0.05, 0) is 56.1 Å². The average Bonchev–Trinajstić information content (AvgIpc) is 2.97. The minimum Gasteiger partial charge on any atom is -0.497 e. The SMILES string of the molecule is CCc1ccc(C(CCc2ccc(OC)cc2)NC)s1. The van der Waals surface area contributed by atoms with Crippen LogP contribution in [0.3, 0.4) is 0 Å². The summed E-state index contributed by atoms with van der Waals surface area (Å²) in [5.74, 6) is 0.921. The molecule has 1 heterocycles. The molecule has 0 aliphatic heterocycles. The van der Waals surface area contributed by atoms with Crippen LogP contribution in [0.2, 0.25) is 0 Å². The van der Waals surface area contributed by atoms with Gasteiger partial charge in [-0.25, -0.2) is 0 Å². The van der Waals surface area contributed by atoms with E-state index in [-0.39, 0.29) is 0 Å². The molecule has 3 heteroatoms. The molecule has 0 bridgehead atoms. The largest absolute Gasteiger partial charge is 0.497 e. The Hall–Kier alpha value is -1.32. The van der Waals surface area contributed by atoms with Crippen molar-refractivity contribution in [1.29, 1.82) is 0 Å². The summed E-state index contributed by atoms with van der Waals surface area (Å²) in [5.41, 5.74) is 1.36. The molecule has 0 amide bonds. The normalized spacial score (nSPS) is 12.3. The molecule has 2 rings (SSSR count). The lowest BCUT2D eigenvalue weighted by Gasteiger charge is -2.14. The molecule has 108 valence electrons. The Morgan fingerprint density at radius 2 is 1.90 bits per heavy atom. The van der Waals surface area contributed by atoms with Gasteiger partial charge in [-0.2, -0.15) is 0 Å². The van der Waals surface area contributed by atoms with Crippen LogP contribution in [0.5, 0.6) is 5.75 Å². The molecule has 2 aromatic rings. The third kappa shape index (κ3) is 3.84. The Balaban J connectivity index is 1.95. The second kappa shape index (κ2) is 7.46. The molecule has 1 aromatic carbocycles. The van der Waals surface area contributed by atoms with E-state index < -0.39 is 0 Å². The van der Waals surface area contributed by atoms with Crippen molar-refractivity contribution < 1.29 is 4.74 Å². The van der Waals surface area contributed by atoms with Crippen LogP contribution >= 0.6 is 11.3 Å². The fourth-order valence-corrected chi connectivity index (χ4v) is 3.40. The quantitative estimate of drug-likeness (QED) is 0.824. The molecule has 20 heavy (non-hydrogen) atoms. The third-order valence-corrected chi connectivity index (χ3v) is 4.95. The third-order valence-electron chi connectivity index (χ3n) is 3.60. The molecule has 1 aromatic heterocycles. The first-order valence-electron chi connectivity index (χ1n) is 7.15. The van der Waals surface area contributed by atoms with Crippen molar-refractivity contribution in [1.82, 2.24) is 5.32 Å². The van der Waals surface area contributed by atoms with Gasteiger partial charge in [0.15, 0.2) is 0 Å². The second-order valence-corrected chi connectivity index (χ2v) is 6.09. The molecule has 0 spiro atoms. The molecule has 0 saturated carbocycles. The first-order valence-corrected chi connectivity index (χ1v) is 7.97. The zero-order chi connectivity index (χ0) is 14.4. The molecule has 0 aliphatic rings. The van der Waals surface area contributed by atoms with Crippen LogP contribution in [-0.4, -0.2) is 14.2 Å². The molecule has 0 fully saturated rings.